The summed E-state index contributed by atoms with van der Waals surface area (Å²) in [5.74, 6) is 0. The maximum Gasteiger partial charge on any atom is 0.433 e. The second kappa shape index (κ2) is 3.58. The van der Waals surface area contributed by atoms with Crippen LogP contribution < -0.4 is 5.56 Å². The SMILES string of the molecule is Cc1cc2c(C)cc(C(F)(F)F)nc2[nH]c1=O. The highest BCUT2D eigenvalue weighted by Gasteiger charge is 2.33. The second-order valence-electron chi connectivity index (χ2n) is 3.87. The molecule has 0 fully saturated rings. The Morgan fingerprint density at radius 3 is 2.41 bits per heavy atom. The molecule has 90 valence electrons. The van der Waals surface area contributed by atoms with Gasteiger partial charge in [-0.2, -0.15) is 13.2 Å². The molecule has 0 aliphatic rings. The molecule has 1 N–H and O–H groups in total. The molecule has 0 radical (unpaired) electrons. The average Bonchev–Trinajstić information content (AvgIpc) is 2.19. The van der Waals surface area contributed by atoms with Gasteiger partial charge in [-0.25, -0.2) is 4.98 Å². The molecule has 0 unspecified atom stereocenters. The van der Waals surface area contributed by atoms with Crippen LogP contribution in [0.4, 0.5) is 13.2 Å². The van der Waals surface area contributed by atoms with Crippen LogP contribution >= 0.6 is 0 Å². The zero-order valence-corrected chi connectivity index (χ0v) is 9.14. The molecule has 0 aromatic carbocycles. The van der Waals surface area contributed by atoms with Crippen molar-refractivity contribution in [3.63, 3.8) is 0 Å². The number of hydrogen-bond acceptors (Lipinski definition) is 2. The topological polar surface area (TPSA) is 45.8 Å². The van der Waals surface area contributed by atoms with Gasteiger partial charge in [0.15, 0.2) is 0 Å². The molecule has 6 heteroatoms. The van der Waals surface area contributed by atoms with Gasteiger partial charge in [0.1, 0.15) is 11.3 Å². The normalized spacial score (nSPS) is 12.1. The number of pyridine rings is 2. The first kappa shape index (κ1) is 11.6. The van der Waals surface area contributed by atoms with Gasteiger partial charge in [-0.15, -0.1) is 0 Å². The van der Waals surface area contributed by atoms with Crippen molar-refractivity contribution in [3.8, 4) is 0 Å². The van der Waals surface area contributed by atoms with E-state index in [9.17, 15) is 18.0 Å². The van der Waals surface area contributed by atoms with Crippen LogP contribution in [0.15, 0.2) is 16.9 Å². The van der Waals surface area contributed by atoms with Gasteiger partial charge in [-0.3, -0.25) is 4.79 Å². The van der Waals surface area contributed by atoms with Crippen molar-refractivity contribution in [2.45, 2.75) is 20.0 Å². The van der Waals surface area contributed by atoms with Crippen molar-refractivity contribution in [2.24, 2.45) is 0 Å². The van der Waals surface area contributed by atoms with E-state index in [0.717, 1.165) is 6.07 Å². The molecule has 17 heavy (non-hydrogen) atoms. The highest BCUT2D eigenvalue weighted by atomic mass is 19.4. The summed E-state index contributed by atoms with van der Waals surface area (Å²) in [5.41, 5.74) is -0.581. The maximum atomic E-state index is 12.5. The van der Waals surface area contributed by atoms with Gasteiger partial charge >= 0.3 is 6.18 Å². The molecule has 2 aromatic rings. The molecular formula is C11H9F3N2O. The van der Waals surface area contributed by atoms with Crippen molar-refractivity contribution in [1.29, 1.82) is 0 Å². The van der Waals surface area contributed by atoms with E-state index in [0.29, 0.717) is 16.5 Å². The van der Waals surface area contributed by atoms with Crippen LogP contribution in [0.25, 0.3) is 11.0 Å². The monoisotopic (exact) mass is 242 g/mol. The molecule has 0 saturated heterocycles. The fourth-order valence-electron chi connectivity index (χ4n) is 1.59. The van der Waals surface area contributed by atoms with Crippen LogP contribution in [0.1, 0.15) is 16.8 Å². The third kappa shape index (κ3) is 2.02. The molecule has 3 nitrogen and oxygen atoms in total. The zero-order valence-electron chi connectivity index (χ0n) is 9.14. The van der Waals surface area contributed by atoms with Crippen molar-refractivity contribution < 1.29 is 13.2 Å². The molecule has 0 bridgehead atoms. The Kier molecular flexibility index (Phi) is 2.45. The van der Waals surface area contributed by atoms with Crippen LogP contribution in [-0.2, 0) is 6.18 Å². The first-order valence-corrected chi connectivity index (χ1v) is 4.87. The van der Waals surface area contributed by atoms with Gasteiger partial charge in [0.2, 0.25) is 0 Å². The number of aromatic nitrogens is 2. The first-order valence-electron chi connectivity index (χ1n) is 4.87. The number of halogens is 3. The van der Waals surface area contributed by atoms with Gasteiger partial charge in [-0.1, -0.05) is 0 Å². The number of fused-ring (bicyclic) bond motifs is 1. The smallest absolute Gasteiger partial charge is 0.306 e. The summed E-state index contributed by atoms with van der Waals surface area (Å²) in [7, 11) is 0. The van der Waals surface area contributed by atoms with E-state index < -0.39 is 17.4 Å². The summed E-state index contributed by atoms with van der Waals surface area (Å²) in [6, 6.07) is 2.51. The van der Waals surface area contributed by atoms with E-state index >= 15 is 0 Å². The molecule has 0 saturated carbocycles. The fourth-order valence-corrected chi connectivity index (χ4v) is 1.59. The predicted octanol–water partition coefficient (Wildman–Crippen LogP) is 2.56. The standard InChI is InChI=1S/C11H9F3N2O/c1-5-4-8(11(12,13)14)15-9-7(5)3-6(2)10(17)16-9/h3-4H,1-2H3,(H,15,16,17). The maximum absolute atomic E-state index is 12.5. The largest absolute Gasteiger partial charge is 0.433 e. The van der Waals surface area contributed by atoms with Crippen LogP contribution in [0.2, 0.25) is 0 Å². The first-order chi connectivity index (χ1) is 7.79. The van der Waals surface area contributed by atoms with E-state index in [1.54, 1.807) is 13.8 Å². The minimum absolute atomic E-state index is 0.0343. The third-order valence-electron chi connectivity index (χ3n) is 2.51. The minimum Gasteiger partial charge on any atom is -0.306 e. The van der Waals surface area contributed by atoms with Gasteiger partial charge in [0.25, 0.3) is 5.56 Å². The van der Waals surface area contributed by atoms with Crippen LogP contribution in [0, 0.1) is 13.8 Å². The van der Waals surface area contributed by atoms with Gasteiger partial charge < -0.3 is 4.98 Å². The molecule has 0 amide bonds. The lowest BCUT2D eigenvalue weighted by atomic mass is 10.1. The van der Waals surface area contributed by atoms with Crippen molar-refractivity contribution >= 4 is 11.0 Å². The second-order valence-corrected chi connectivity index (χ2v) is 3.87. The number of nitrogens with one attached hydrogen (secondary N) is 1. The number of aromatic amines is 1. The number of aryl methyl sites for hydroxylation is 2. The van der Waals surface area contributed by atoms with E-state index in [2.05, 4.69) is 9.97 Å². The molecule has 2 heterocycles. The van der Waals surface area contributed by atoms with E-state index in [-0.39, 0.29) is 5.65 Å². The van der Waals surface area contributed by atoms with E-state index in [4.69, 9.17) is 0 Å². The Morgan fingerprint density at radius 1 is 1.18 bits per heavy atom. The molecule has 0 spiro atoms. The Morgan fingerprint density at radius 2 is 1.82 bits per heavy atom. The van der Waals surface area contributed by atoms with Crippen molar-refractivity contribution in [1.82, 2.24) is 9.97 Å². The van der Waals surface area contributed by atoms with Crippen LogP contribution in [-0.4, -0.2) is 9.97 Å². The number of alkyl halides is 3. The van der Waals surface area contributed by atoms with Crippen molar-refractivity contribution in [2.75, 3.05) is 0 Å². The molecule has 2 aromatic heterocycles. The summed E-state index contributed by atoms with van der Waals surface area (Å²) < 4.78 is 37.6. The lowest BCUT2D eigenvalue weighted by Crippen LogP contribution is -2.13. The average molecular weight is 242 g/mol. The van der Waals surface area contributed by atoms with Crippen LogP contribution in [0.3, 0.4) is 0 Å². The summed E-state index contributed by atoms with van der Waals surface area (Å²) in [6.07, 6.45) is -4.51. The number of rotatable bonds is 0. The van der Waals surface area contributed by atoms with Gasteiger partial charge in [0.05, 0.1) is 0 Å². The Labute approximate surface area is 94.3 Å². The quantitative estimate of drug-likeness (QED) is 0.771. The molecule has 0 aliphatic heterocycles. The molecule has 0 aliphatic carbocycles. The Bertz CT molecular complexity index is 643. The van der Waals surface area contributed by atoms with Crippen molar-refractivity contribution in [3.05, 3.63) is 39.3 Å². The lowest BCUT2D eigenvalue weighted by Gasteiger charge is -2.09. The van der Waals surface area contributed by atoms with Gasteiger partial charge in [0, 0.05) is 10.9 Å². The molecule has 0 atom stereocenters. The summed E-state index contributed by atoms with van der Waals surface area (Å²) >= 11 is 0. The van der Waals surface area contributed by atoms with E-state index in [1.807, 2.05) is 0 Å². The zero-order chi connectivity index (χ0) is 12.8. The number of H-pyrrole nitrogens is 1. The molecule has 2 rings (SSSR count). The fraction of sp³-hybridized carbons (Fsp3) is 0.273. The van der Waals surface area contributed by atoms with E-state index in [1.165, 1.54) is 6.07 Å². The van der Waals surface area contributed by atoms with Crippen LogP contribution in [0.5, 0.6) is 0 Å². The lowest BCUT2D eigenvalue weighted by molar-refractivity contribution is -0.141. The number of hydrogen-bond donors (Lipinski definition) is 1. The highest BCUT2D eigenvalue weighted by molar-refractivity contribution is 5.79. The summed E-state index contributed by atoms with van der Waals surface area (Å²) in [4.78, 5) is 17.1. The summed E-state index contributed by atoms with van der Waals surface area (Å²) in [6.45, 7) is 3.15. The highest BCUT2D eigenvalue weighted by Crippen LogP contribution is 2.29. The predicted molar refractivity (Wildman–Crippen MR) is 56.8 cm³/mol. The third-order valence-corrected chi connectivity index (χ3v) is 2.51. The minimum atomic E-state index is -4.51. The van der Waals surface area contributed by atoms with Gasteiger partial charge in [-0.05, 0) is 31.5 Å². The summed E-state index contributed by atoms with van der Waals surface area (Å²) in [5, 5.41) is 0.523. The Balaban J connectivity index is 2.83. The Hall–Kier alpha value is -1.85. The number of nitrogens with zero attached hydrogens (tertiary/aromatic N) is 1. The molecular weight excluding hydrogens is 233 g/mol.